The standard InChI is InChI=1S/C25H25N3O2S/c1-3-18-9-10-23-19(13-18)14-20(24(29)27-23)15-28(16-22-8-5-11-30-22)25(31)26-21-7-4-6-17(2)12-21/h4-14H,3,15-16H2,1-2H3,(H,26,31)(H,27,29). The third-order valence-corrected chi connectivity index (χ3v) is 5.60. The molecule has 6 heteroatoms. The molecule has 0 aliphatic heterocycles. The van der Waals surface area contributed by atoms with Crippen molar-refractivity contribution in [2.24, 2.45) is 0 Å². The summed E-state index contributed by atoms with van der Waals surface area (Å²) in [7, 11) is 0. The third kappa shape index (κ3) is 5.03. The largest absolute Gasteiger partial charge is 0.467 e. The number of thiocarbonyl (C=S) groups is 1. The van der Waals surface area contributed by atoms with E-state index in [0.717, 1.165) is 34.3 Å². The van der Waals surface area contributed by atoms with Gasteiger partial charge in [0.15, 0.2) is 5.11 Å². The maximum absolute atomic E-state index is 12.8. The number of nitrogens with zero attached hydrogens (tertiary/aromatic N) is 1. The summed E-state index contributed by atoms with van der Waals surface area (Å²) < 4.78 is 5.54. The van der Waals surface area contributed by atoms with Crippen LogP contribution < -0.4 is 10.9 Å². The minimum Gasteiger partial charge on any atom is -0.467 e. The minimum absolute atomic E-state index is 0.112. The second kappa shape index (κ2) is 9.18. The van der Waals surface area contributed by atoms with Crippen LogP contribution in [0.3, 0.4) is 0 Å². The van der Waals surface area contributed by atoms with E-state index in [1.807, 2.05) is 66.4 Å². The van der Waals surface area contributed by atoms with Crippen LogP contribution >= 0.6 is 12.2 Å². The molecule has 0 amide bonds. The van der Waals surface area contributed by atoms with Crippen molar-refractivity contribution >= 4 is 33.9 Å². The van der Waals surface area contributed by atoms with Crippen molar-refractivity contribution in [2.75, 3.05) is 5.32 Å². The third-order valence-electron chi connectivity index (χ3n) is 5.24. The van der Waals surface area contributed by atoms with Crippen LogP contribution in [-0.2, 0) is 19.5 Å². The van der Waals surface area contributed by atoms with Gasteiger partial charge < -0.3 is 19.6 Å². The van der Waals surface area contributed by atoms with Crippen molar-refractivity contribution in [3.05, 3.63) is 99.7 Å². The number of pyridine rings is 1. The van der Waals surface area contributed by atoms with Crippen molar-refractivity contribution in [2.45, 2.75) is 33.4 Å². The molecule has 0 saturated heterocycles. The summed E-state index contributed by atoms with van der Waals surface area (Å²) in [6.07, 6.45) is 2.58. The Morgan fingerprint density at radius 1 is 1.10 bits per heavy atom. The van der Waals surface area contributed by atoms with Crippen molar-refractivity contribution in [3.8, 4) is 0 Å². The van der Waals surface area contributed by atoms with E-state index in [9.17, 15) is 4.79 Å². The second-order valence-electron chi connectivity index (χ2n) is 7.63. The van der Waals surface area contributed by atoms with E-state index >= 15 is 0 Å². The summed E-state index contributed by atoms with van der Waals surface area (Å²) in [5, 5.41) is 4.84. The number of aryl methyl sites for hydroxylation is 2. The van der Waals surface area contributed by atoms with Crippen molar-refractivity contribution < 1.29 is 4.42 Å². The van der Waals surface area contributed by atoms with Crippen LogP contribution in [0.2, 0.25) is 0 Å². The van der Waals surface area contributed by atoms with Gasteiger partial charge in [0, 0.05) is 16.8 Å². The fourth-order valence-electron chi connectivity index (χ4n) is 3.56. The predicted octanol–water partition coefficient (Wildman–Crippen LogP) is 5.39. The first-order chi connectivity index (χ1) is 15.0. The lowest BCUT2D eigenvalue weighted by atomic mass is 10.1. The highest BCUT2D eigenvalue weighted by Crippen LogP contribution is 2.18. The SMILES string of the molecule is CCc1ccc2[nH]c(=O)c(CN(Cc3ccco3)C(=S)Nc3cccc(C)c3)cc2c1. The van der Waals surface area contributed by atoms with Crippen LogP contribution in [0.15, 0.2) is 76.1 Å². The zero-order valence-corrected chi connectivity index (χ0v) is 18.5. The Morgan fingerprint density at radius 3 is 2.71 bits per heavy atom. The van der Waals surface area contributed by atoms with Gasteiger partial charge in [-0.1, -0.05) is 25.1 Å². The number of hydrogen-bond donors (Lipinski definition) is 2. The maximum atomic E-state index is 12.8. The molecule has 0 saturated carbocycles. The molecular formula is C25H25N3O2S. The molecule has 0 aliphatic rings. The fourth-order valence-corrected chi connectivity index (χ4v) is 3.81. The lowest BCUT2D eigenvalue weighted by molar-refractivity contribution is 0.359. The van der Waals surface area contributed by atoms with Crippen molar-refractivity contribution in [1.82, 2.24) is 9.88 Å². The van der Waals surface area contributed by atoms with Crippen LogP contribution in [0, 0.1) is 6.92 Å². The summed E-state index contributed by atoms with van der Waals surface area (Å²) in [5.74, 6) is 0.777. The molecule has 2 heterocycles. The lowest BCUT2D eigenvalue weighted by Gasteiger charge is -2.25. The Kier molecular flexibility index (Phi) is 6.18. The molecule has 0 aliphatic carbocycles. The smallest absolute Gasteiger partial charge is 0.253 e. The summed E-state index contributed by atoms with van der Waals surface area (Å²) >= 11 is 5.71. The highest BCUT2D eigenvalue weighted by molar-refractivity contribution is 7.80. The number of aromatic nitrogens is 1. The number of fused-ring (bicyclic) bond motifs is 1. The summed E-state index contributed by atoms with van der Waals surface area (Å²) in [6, 6.07) is 19.9. The first-order valence-electron chi connectivity index (χ1n) is 10.3. The molecule has 5 nitrogen and oxygen atoms in total. The molecule has 2 N–H and O–H groups in total. The Balaban J connectivity index is 1.64. The van der Waals surface area contributed by atoms with E-state index in [-0.39, 0.29) is 5.56 Å². The van der Waals surface area contributed by atoms with Gasteiger partial charge in [-0.15, -0.1) is 0 Å². The molecule has 4 rings (SSSR count). The number of furan rings is 1. The number of hydrogen-bond acceptors (Lipinski definition) is 3. The van der Waals surface area contributed by atoms with E-state index < -0.39 is 0 Å². The van der Waals surface area contributed by atoms with Gasteiger partial charge in [-0.25, -0.2) is 0 Å². The van der Waals surface area contributed by atoms with Gasteiger partial charge in [0.1, 0.15) is 5.76 Å². The number of nitrogens with one attached hydrogen (secondary N) is 2. The summed E-state index contributed by atoms with van der Waals surface area (Å²) in [4.78, 5) is 17.7. The Bertz CT molecular complexity index is 1260. The van der Waals surface area contributed by atoms with Crippen molar-refractivity contribution in [1.29, 1.82) is 0 Å². The molecule has 31 heavy (non-hydrogen) atoms. The van der Waals surface area contributed by atoms with Crippen LogP contribution in [0.1, 0.15) is 29.4 Å². The first kappa shape index (κ1) is 20.9. The average Bonchev–Trinajstić information content (AvgIpc) is 3.26. The fraction of sp³-hybridized carbons (Fsp3) is 0.200. The van der Waals surface area contributed by atoms with Crippen LogP contribution in [0.4, 0.5) is 5.69 Å². The number of anilines is 1. The van der Waals surface area contributed by atoms with Gasteiger partial charge >= 0.3 is 0 Å². The molecule has 0 unspecified atom stereocenters. The molecule has 0 bridgehead atoms. The molecule has 0 radical (unpaired) electrons. The number of benzene rings is 2. The van der Waals surface area contributed by atoms with E-state index in [1.165, 1.54) is 5.56 Å². The molecule has 2 aromatic heterocycles. The molecular weight excluding hydrogens is 406 g/mol. The maximum Gasteiger partial charge on any atom is 0.253 e. The first-order valence-corrected chi connectivity index (χ1v) is 10.7. The van der Waals surface area contributed by atoms with E-state index in [0.29, 0.717) is 23.8 Å². The monoisotopic (exact) mass is 431 g/mol. The van der Waals surface area contributed by atoms with E-state index in [1.54, 1.807) is 6.26 Å². The van der Waals surface area contributed by atoms with Gasteiger partial charge in [0.05, 0.1) is 19.4 Å². The average molecular weight is 432 g/mol. The van der Waals surface area contributed by atoms with Gasteiger partial charge in [-0.3, -0.25) is 4.79 Å². The van der Waals surface area contributed by atoms with E-state index in [4.69, 9.17) is 16.6 Å². The molecule has 2 aromatic carbocycles. The lowest BCUT2D eigenvalue weighted by Crippen LogP contribution is -2.35. The highest BCUT2D eigenvalue weighted by Gasteiger charge is 2.16. The minimum atomic E-state index is -0.112. The van der Waals surface area contributed by atoms with Crippen molar-refractivity contribution in [3.63, 3.8) is 0 Å². The zero-order valence-electron chi connectivity index (χ0n) is 17.6. The van der Waals surface area contributed by atoms with Crippen LogP contribution in [-0.4, -0.2) is 15.0 Å². The normalized spacial score (nSPS) is 10.9. The van der Waals surface area contributed by atoms with Crippen LogP contribution in [0.25, 0.3) is 10.9 Å². The molecule has 0 spiro atoms. The Labute approximate surface area is 186 Å². The summed E-state index contributed by atoms with van der Waals surface area (Å²) in [6.45, 7) is 4.97. The Morgan fingerprint density at radius 2 is 1.97 bits per heavy atom. The second-order valence-corrected chi connectivity index (χ2v) is 8.02. The quantitative estimate of drug-likeness (QED) is 0.401. The van der Waals surface area contributed by atoms with Gasteiger partial charge in [0.25, 0.3) is 5.56 Å². The predicted molar refractivity (Wildman–Crippen MR) is 129 cm³/mol. The molecule has 0 atom stereocenters. The van der Waals surface area contributed by atoms with Gasteiger partial charge in [0.2, 0.25) is 0 Å². The molecule has 4 aromatic rings. The number of H-pyrrole nitrogens is 1. The van der Waals surface area contributed by atoms with Gasteiger partial charge in [-0.05, 0) is 84.5 Å². The Hall–Kier alpha value is -3.38. The highest BCUT2D eigenvalue weighted by atomic mass is 32.1. The van der Waals surface area contributed by atoms with E-state index in [2.05, 4.69) is 23.3 Å². The number of aromatic amines is 1. The topological polar surface area (TPSA) is 61.3 Å². The molecule has 158 valence electrons. The van der Waals surface area contributed by atoms with Crippen LogP contribution in [0.5, 0.6) is 0 Å². The molecule has 0 fully saturated rings. The summed E-state index contributed by atoms with van der Waals surface area (Å²) in [5.41, 5.74) is 4.66. The number of rotatable bonds is 6. The van der Waals surface area contributed by atoms with Gasteiger partial charge in [-0.2, -0.15) is 0 Å². The zero-order chi connectivity index (χ0) is 21.8.